The molecule has 0 amide bonds. The zero-order valence-electron chi connectivity index (χ0n) is 20.6. The number of aromatic nitrogens is 2. The van der Waals surface area contributed by atoms with E-state index in [0.29, 0.717) is 34.6 Å². The lowest BCUT2D eigenvalue weighted by Crippen LogP contribution is -2.53. The lowest BCUT2D eigenvalue weighted by atomic mass is 9.94. The number of aliphatic hydroxyl groups excluding tert-OH is 1. The van der Waals surface area contributed by atoms with Crippen molar-refractivity contribution in [1.82, 2.24) is 15.1 Å². The van der Waals surface area contributed by atoms with Gasteiger partial charge in [-0.05, 0) is 68.7 Å². The summed E-state index contributed by atoms with van der Waals surface area (Å²) in [7, 11) is 0. The Balaban J connectivity index is 0.000000174. The van der Waals surface area contributed by atoms with E-state index in [4.69, 9.17) is 21.6 Å². The topological polar surface area (TPSA) is 103 Å². The molecule has 0 radical (unpaired) electrons. The third-order valence-electron chi connectivity index (χ3n) is 7.10. The van der Waals surface area contributed by atoms with Gasteiger partial charge in [-0.2, -0.15) is 5.26 Å². The van der Waals surface area contributed by atoms with E-state index in [1.165, 1.54) is 19.3 Å². The molecule has 3 heterocycles. The number of hydrogen-bond acceptors (Lipinski definition) is 8. The van der Waals surface area contributed by atoms with Gasteiger partial charge in [0.2, 0.25) is 0 Å². The zero-order chi connectivity index (χ0) is 25.3. The number of aldehydes is 1. The third kappa shape index (κ3) is 7.39. The minimum absolute atomic E-state index is 0.110. The summed E-state index contributed by atoms with van der Waals surface area (Å²) in [6.45, 7) is 4.73. The second kappa shape index (κ2) is 13.0. The van der Waals surface area contributed by atoms with Crippen LogP contribution in [0, 0.1) is 17.2 Å². The first kappa shape index (κ1) is 26.3. The lowest BCUT2D eigenvalue weighted by molar-refractivity contribution is -0.00837. The van der Waals surface area contributed by atoms with Gasteiger partial charge in [-0.3, -0.25) is 9.69 Å². The summed E-state index contributed by atoms with van der Waals surface area (Å²) in [6, 6.07) is 10.9. The fraction of sp³-hybridized carbons (Fsp3) is 0.556. The largest absolute Gasteiger partial charge is 0.490 e. The zero-order valence-corrected chi connectivity index (χ0v) is 21.3. The monoisotopic (exact) mass is 511 g/mol. The highest BCUT2D eigenvalue weighted by molar-refractivity contribution is 6.31. The molecule has 2 aliphatic heterocycles. The van der Waals surface area contributed by atoms with Crippen molar-refractivity contribution in [2.45, 2.75) is 57.2 Å². The van der Waals surface area contributed by atoms with Crippen LogP contribution in [0.4, 0.5) is 5.82 Å². The fourth-order valence-corrected chi connectivity index (χ4v) is 5.22. The number of β-amino-alcohol motifs (C(OH)–C–C–N with tert-alkyl or cyclic N) is 1. The smallest absolute Gasteiger partial charge is 0.170 e. The number of halogens is 1. The molecule has 2 saturated heterocycles. The number of nitriles is 1. The Hall–Kier alpha value is -2.73. The van der Waals surface area contributed by atoms with Gasteiger partial charge < -0.3 is 14.7 Å². The average molecular weight is 512 g/mol. The Morgan fingerprint density at radius 2 is 1.83 bits per heavy atom. The molecule has 1 aliphatic carbocycles. The molecule has 192 valence electrons. The van der Waals surface area contributed by atoms with Crippen LogP contribution in [0.5, 0.6) is 5.75 Å². The standard InChI is InChI=1S/C14H20N4O2.C13H14ClNO/c19-10-12-1-2-14(16-15-12)18-5-3-11(4-6-18)7-17-8-13(20)9-17;14-13-8-12(7-6-10(13)9-15)16-11-4-2-1-3-5-11/h1-2,10-11,13,20H,3-9H2;6-8,11H,1-5H2. The van der Waals surface area contributed by atoms with Crippen molar-refractivity contribution in [1.29, 1.82) is 5.26 Å². The van der Waals surface area contributed by atoms with E-state index in [-0.39, 0.29) is 6.10 Å². The molecule has 0 spiro atoms. The molecule has 0 atom stereocenters. The van der Waals surface area contributed by atoms with E-state index in [2.05, 4.69) is 20.0 Å². The molecule has 1 N–H and O–H groups in total. The Kier molecular flexibility index (Phi) is 9.51. The molecular weight excluding hydrogens is 478 g/mol. The molecule has 36 heavy (non-hydrogen) atoms. The number of piperidine rings is 1. The minimum Gasteiger partial charge on any atom is -0.490 e. The number of nitrogens with zero attached hydrogens (tertiary/aromatic N) is 5. The molecular formula is C27H34ClN5O3. The van der Waals surface area contributed by atoms with Crippen molar-refractivity contribution in [3.8, 4) is 11.8 Å². The molecule has 1 saturated carbocycles. The highest BCUT2D eigenvalue weighted by Crippen LogP contribution is 2.27. The van der Waals surface area contributed by atoms with Crippen molar-refractivity contribution in [2.75, 3.05) is 37.6 Å². The van der Waals surface area contributed by atoms with Crippen LogP contribution in [-0.4, -0.2) is 71.4 Å². The maximum atomic E-state index is 10.6. The predicted octanol–water partition coefficient (Wildman–Crippen LogP) is 4.11. The normalized spacial score (nSPS) is 19.5. The van der Waals surface area contributed by atoms with Gasteiger partial charge in [0, 0.05) is 38.8 Å². The van der Waals surface area contributed by atoms with E-state index in [9.17, 15) is 9.90 Å². The van der Waals surface area contributed by atoms with Gasteiger partial charge in [0.1, 0.15) is 17.5 Å². The van der Waals surface area contributed by atoms with Crippen molar-refractivity contribution >= 4 is 23.7 Å². The van der Waals surface area contributed by atoms with Crippen LogP contribution in [-0.2, 0) is 0 Å². The van der Waals surface area contributed by atoms with Crippen LogP contribution in [0.15, 0.2) is 30.3 Å². The van der Waals surface area contributed by atoms with Crippen molar-refractivity contribution < 1.29 is 14.6 Å². The summed E-state index contributed by atoms with van der Waals surface area (Å²) in [5, 5.41) is 26.5. The average Bonchev–Trinajstić information content (AvgIpc) is 2.89. The van der Waals surface area contributed by atoms with E-state index < -0.39 is 0 Å². The summed E-state index contributed by atoms with van der Waals surface area (Å²) < 4.78 is 5.84. The van der Waals surface area contributed by atoms with Gasteiger partial charge in [0.15, 0.2) is 12.1 Å². The Bertz CT molecular complexity index is 1020. The van der Waals surface area contributed by atoms with Crippen LogP contribution >= 0.6 is 11.6 Å². The molecule has 3 fully saturated rings. The first-order valence-electron chi connectivity index (χ1n) is 12.8. The first-order valence-corrected chi connectivity index (χ1v) is 13.2. The number of rotatable bonds is 6. The van der Waals surface area contributed by atoms with Gasteiger partial charge in [0.25, 0.3) is 0 Å². The molecule has 9 heteroatoms. The molecule has 3 aliphatic rings. The minimum atomic E-state index is -0.110. The number of anilines is 1. The highest BCUT2D eigenvalue weighted by Gasteiger charge is 2.28. The lowest BCUT2D eigenvalue weighted by Gasteiger charge is -2.40. The number of ether oxygens (including phenoxy) is 1. The van der Waals surface area contributed by atoms with E-state index in [1.807, 2.05) is 18.2 Å². The molecule has 0 unspecified atom stereocenters. The molecule has 1 aromatic heterocycles. The quantitative estimate of drug-likeness (QED) is 0.578. The summed E-state index contributed by atoms with van der Waals surface area (Å²) in [6.07, 6.45) is 9.25. The van der Waals surface area contributed by atoms with Crippen LogP contribution in [0.2, 0.25) is 5.02 Å². The van der Waals surface area contributed by atoms with Gasteiger partial charge in [-0.15, -0.1) is 10.2 Å². The Labute approximate surface area is 217 Å². The van der Waals surface area contributed by atoms with Crippen LogP contribution in [0.1, 0.15) is 61.0 Å². The second-order valence-electron chi connectivity index (χ2n) is 9.87. The molecule has 1 aromatic carbocycles. The van der Waals surface area contributed by atoms with Gasteiger partial charge in [-0.25, -0.2) is 0 Å². The van der Waals surface area contributed by atoms with Crippen LogP contribution in [0.3, 0.4) is 0 Å². The molecule has 5 rings (SSSR count). The fourth-order valence-electron chi connectivity index (χ4n) is 5.00. The number of hydrogen-bond donors (Lipinski definition) is 1. The Morgan fingerprint density at radius 1 is 1.08 bits per heavy atom. The van der Waals surface area contributed by atoms with Gasteiger partial charge >= 0.3 is 0 Å². The number of likely N-dealkylation sites (tertiary alicyclic amines) is 1. The highest BCUT2D eigenvalue weighted by atomic mass is 35.5. The summed E-state index contributed by atoms with van der Waals surface area (Å²) >= 11 is 5.94. The van der Waals surface area contributed by atoms with Crippen molar-refractivity contribution in [2.24, 2.45) is 5.92 Å². The SMILES string of the molecule is N#Cc1ccc(OC2CCCCC2)cc1Cl.O=Cc1ccc(N2CCC(CN3CC(O)C3)CC2)nn1. The van der Waals surface area contributed by atoms with Gasteiger partial charge in [0.05, 0.1) is 22.8 Å². The number of aliphatic hydroxyl groups is 1. The third-order valence-corrected chi connectivity index (χ3v) is 7.41. The van der Waals surface area contributed by atoms with Gasteiger partial charge in [-0.1, -0.05) is 18.0 Å². The van der Waals surface area contributed by atoms with Crippen molar-refractivity contribution in [3.63, 3.8) is 0 Å². The Morgan fingerprint density at radius 3 is 2.42 bits per heavy atom. The molecule has 8 nitrogen and oxygen atoms in total. The number of carbonyl (C=O) groups is 1. The summed E-state index contributed by atoms with van der Waals surface area (Å²) in [5.74, 6) is 2.34. The predicted molar refractivity (Wildman–Crippen MR) is 138 cm³/mol. The van der Waals surface area contributed by atoms with E-state index >= 15 is 0 Å². The first-order chi connectivity index (χ1) is 17.5. The van der Waals surface area contributed by atoms with Crippen molar-refractivity contribution in [3.05, 3.63) is 46.6 Å². The maximum absolute atomic E-state index is 10.6. The summed E-state index contributed by atoms with van der Waals surface area (Å²) in [5.41, 5.74) is 0.873. The second-order valence-corrected chi connectivity index (χ2v) is 10.3. The van der Waals surface area contributed by atoms with E-state index in [1.54, 1.807) is 18.2 Å². The molecule has 2 aromatic rings. The maximum Gasteiger partial charge on any atom is 0.170 e. The molecule has 0 bridgehead atoms. The van der Waals surface area contributed by atoms with Crippen LogP contribution < -0.4 is 9.64 Å². The number of benzene rings is 1. The van der Waals surface area contributed by atoms with E-state index in [0.717, 1.165) is 70.0 Å². The summed E-state index contributed by atoms with van der Waals surface area (Å²) in [4.78, 5) is 15.1. The van der Waals surface area contributed by atoms with Crippen LogP contribution in [0.25, 0.3) is 0 Å². The number of carbonyl (C=O) groups excluding carboxylic acids is 1.